The first kappa shape index (κ1) is 16.1. The standard InChI is InChI=1S/C18H19BrFN3/c19-17-6-7-18(20)16(12-17)13-21-23-10-8-22(9-11-23)14-15-4-2-1-3-5-15/h1-7,12-13H,8-11,14H2/b21-13+. The first-order valence-electron chi connectivity index (χ1n) is 7.71. The van der Waals surface area contributed by atoms with E-state index in [2.05, 4.69) is 50.2 Å². The molecule has 5 heteroatoms. The first-order valence-corrected chi connectivity index (χ1v) is 8.50. The van der Waals surface area contributed by atoms with Gasteiger partial charge in [-0.1, -0.05) is 46.3 Å². The van der Waals surface area contributed by atoms with Gasteiger partial charge in [-0.3, -0.25) is 9.91 Å². The maximum atomic E-state index is 13.7. The summed E-state index contributed by atoms with van der Waals surface area (Å²) in [6, 6.07) is 15.4. The van der Waals surface area contributed by atoms with Crippen LogP contribution in [0, 0.1) is 5.82 Å². The van der Waals surface area contributed by atoms with Crippen molar-refractivity contribution >= 4 is 22.1 Å². The third-order valence-electron chi connectivity index (χ3n) is 3.92. The lowest BCUT2D eigenvalue weighted by atomic mass is 10.2. The lowest BCUT2D eigenvalue weighted by Gasteiger charge is -2.33. The van der Waals surface area contributed by atoms with E-state index in [1.54, 1.807) is 18.3 Å². The van der Waals surface area contributed by atoms with E-state index < -0.39 is 0 Å². The zero-order valence-electron chi connectivity index (χ0n) is 12.8. The van der Waals surface area contributed by atoms with Gasteiger partial charge >= 0.3 is 0 Å². The normalized spacial score (nSPS) is 16.2. The summed E-state index contributed by atoms with van der Waals surface area (Å²) in [5.74, 6) is -0.250. The Morgan fingerprint density at radius 1 is 1.04 bits per heavy atom. The molecular formula is C18H19BrFN3. The Hall–Kier alpha value is -1.72. The highest BCUT2D eigenvalue weighted by atomic mass is 79.9. The molecular weight excluding hydrogens is 357 g/mol. The number of benzene rings is 2. The fourth-order valence-electron chi connectivity index (χ4n) is 2.61. The molecule has 0 aromatic heterocycles. The molecule has 0 radical (unpaired) electrons. The summed E-state index contributed by atoms with van der Waals surface area (Å²) < 4.78 is 14.5. The molecule has 0 unspecified atom stereocenters. The largest absolute Gasteiger partial charge is 0.295 e. The van der Waals surface area contributed by atoms with Crippen LogP contribution in [0.2, 0.25) is 0 Å². The molecule has 1 aliphatic heterocycles. The van der Waals surface area contributed by atoms with Crippen molar-refractivity contribution in [1.29, 1.82) is 0 Å². The number of piperazine rings is 1. The van der Waals surface area contributed by atoms with Crippen molar-refractivity contribution in [2.24, 2.45) is 5.10 Å². The van der Waals surface area contributed by atoms with Gasteiger partial charge in [-0.2, -0.15) is 5.10 Å². The van der Waals surface area contributed by atoms with E-state index in [-0.39, 0.29) is 5.82 Å². The second kappa shape index (κ2) is 7.70. The van der Waals surface area contributed by atoms with Crippen LogP contribution in [-0.2, 0) is 6.54 Å². The van der Waals surface area contributed by atoms with Crippen LogP contribution in [0.5, 0.6) is 0 Å². The predicted octanol–water partition coefficient (Wildman–Crippen LogP) is 3.74. The topological polar surface area (TPSA) is 18.8 Å². The first-order chi connectivity index (χ1) is 11.2. The van der Waals surface area contributed by atoms with E-state index in [1.807, 2.05) is 11.1 Å². The molecule has 1 saturated heterocycles. The summed E-state index contributed by atoms with van der Waals surface area (Å²) in [6.07, 6.45) is 1.60. The predicted molar refractivity (Wildman–Crippen MR) is 95.0 cm³/mol. The molecule has 23 heavy (non-hydrogen) atoms. The van der Waals surface area contributed by atoms with Crippen molar-refractivity contribution in [2.75, 3.05) is 26.2 Å². The van der Waals surface area contributed by atoms with Gasteiger partial charge in [0.1, 0.15) is 5.82 Å². The average molecular weight is 376 g/mol. The third kappa shape index (κ3) is 4.62. The Morgan fingerprint density at radius 3 is 2.52 bits per heavy atom. The van der Waals surface area contributed by atoms with Crippen molar-refractivity contribution < 1.29 is 4.39 Å². The number of nitrogens with zero attached hydrogens (tertiary/aromatic N) is 3. The van der Waals surface area contributed by atoms with E-state index >= 15 is 0 Å². The molecule has 1 fully saturated rings. The van der Waals surface area contributed by atoms with Crippen LogP contribution in [0.4, 0.5) is 4.39 Å². The molecule has 3 nitrogen and oxygen atoms in total. The number of hydrogen-bond acceptors (Lipinski definition) is 3. The highest BCUT2D eigenvalue weighted by Gasteiger charge is 2.15. The molecule has 0 N–H and O–H groups in total. The zero-order chi connectivity index (χ0) is 16.1. The zero-order valence-corrected chi connectivity index (χ0v) is 14.4. The molecule has 120 valence electrons. The summed E-state index contributed by atoms with van der Waals surface area (Å²) >= 11 is 3.35. The maximum Gasteiger partial charge on any atom is 0.132 e. The van der Waals surface area contributed by atoms with Crippen molar-refractivity contribution in [1.82, 2.24) is 9.91 Å². The Bertz CT molecular complexity index is 667. The van der Waals surface area contributed by atoms with Crippen LogP contribution in [0.15, 0.2) is 58.1 Å². The Morgan fingerprint density at radius 2 is 1.78 bits per heavy atom. The van der Waals surface area contributed by atoms with Crippen molar-refractivity contribution in [3.63, 3.8) is 0 Å². The molecule has 0 atom stereocenters. The molecule has 0 aliphatic carbocycles. The van der Waals surface area contributed by atoms with Gasteiger partial charge in [0.2, 0.25) is 0 Å². The van der Waals surface area contributed by atoms with Crippen LogP contribution >= 0.6 is 15.9 Å². The summed E-state index contributed by atoms with van der Waals surface area (Å²) in [6.45, 7) is 4.62. The SMILES string of the molecule is Fc1ccc(Br)cc1/C=N/N1CCN(Cc2ccccc2)CC1. The molecule has 1 heterocycles. The third-order valence-corrected chi connectivity index (χ3v) is 4.41. The Balaban J connectivity index is 1.53. The molecule has 1 aliphatic rings. The Kier molecular flexibility index (Phi) is 5.41. The average Bonchev–Trinajstić information content (AvgIpc) is 2.58. The van der Waals surface area contributed by atoms with Crippen LogP contribution < -0.4 is 0 Å². The van der Waals surface area contributed by atoms with Crippen LogP contribution in [0.25, 0.3) is 0 Å². The summed E-state index contributed by atoms with van der Waals surface area (Å²) in [7, 11) is 0. The maximum absolute atomic E-state index is 13.7. The monoisotopic (exact) mass is 375 g/mol. The van der Waals surface area contributed by atoms with E-state index in [0.717, 1.165) is 37.2 Å². The molecule has 2 aromatic carbocycles. The minimum Gasteiger partial charge on any atom is -0.295 e. The summed E-state index contributed by atoms with van der Waals surface area (Å²) in [5.41, 5.74) is 1.84. The van der Waals surface area contributed by atoms with E-state index in [1.165, 1.54) is 11.6 Å². The van der Waals surface area contributed by atoms with Crippen LogP contribution in [-0.4, -0.2) is 42.3 Å². The van der Waals surface area contributed by atoms with Gasteiger partial charge in [0.15, 0.2) is 0 Å². The molecule has 0 saturated carbocycles. The number of hydrazone groups is 1. The van der Waals surface area contributed by atoms with Gasteiger partial charge in [-0.05, 0) is 23.8 Å². The molecule has 0 amide bonds. The molecule has 3 rings (SSSR count). The number of halogens is 2. The van der Waals surface area contributed by atoms with E-state index in [4.69, 9.17) is 0 Å². The Labute approximate surface area is 144 Å². The lowest BCUT2D eigenvalue weighted by molar-refractivity contribution is 0.131. The lowest BCUT2D eigenvalue weighted by Crippen LogP contribution is -2.43. The number of rotatable bonds is 4. The molecule has 0 bridgehead atoms. The highest BCUT2D eigenvalue weighted by Crippen LogP contribution is 2.14. The fraction of sp³-hybridized carbons (Fsp3) is 0.278. The second-order valence-corrected chi connectivity index (χ2v) is 6.54. The van der Waals surface area contributed by atoms with Gasteiger partial charge in [0, 0.05) is 42.8 Å². The summed E-state index contributed by atoms with van der Waals surface area (Å²) in [5, 5.41) is 6.42. The number of hydrogen-bond donors (Lipinski definition) is 0. The van der Waals surface area contributed by atoms with E-state index in [9.17, 15) is 4.39 Å². The van der Waals surface area contributed by atoms with Gasteiger partial charge in [-0.15, -0.1) is 0 Å². The van der Waals surface area contributed by atoms with Gasteiger partial charge in [0.05, 0.1) is 6.21 Å². The fourth-order valence-corrected chi connectivity index (χ4v) is 2.99. The molecule has 2 aromatic rings. The minimum absolute atomic E-state index is 0.250. The van der Waals surface area contributed by atoms with Crippen molar-refractivity contribution in [3.8, 4) is 0 Å². The van der Waals surface area contributed by atoms with Gasteiger partial charge < -0.3 is 0 Å². The van der Waals surface area contributed by atoms with Crippen molar-refractivity contribution in [3.05, 3.63) is 69.9 Å². The van der Waals surface area contributed by atoms with Gasteiger partial charge in [-0.25, -0.2) is 4.39 Å². The van der Waals surface area contributed by atoms with Crippen LogP contribution in [0.3, 0.4) is 0 Å². The van der Waals surface area contributed by atoms with Gasteiger partial charge in [0.25, 0.3) is 0 Å². The quantitative estimate of drug-likeness (QED) is 0.758. The summed E-state index contributed by atoms with van der Waals surface area (Å²) in [4.78, 5) is 2.42. The van der Waals surface area contributed by atoms with E-state index in [0.29, 0.717) is 5.56 Å². The minimum atomic E-state index is -0.250. The molecule has 0 spiro atoms. The smallest absolute Gasteiger partial charge is 0.132 e. The second-order valence-electron chi connectivity index (χ2n) is 5.63. The van der Waals surface area contributed by atoms with Crippen LogP contribution in [0.1, 0.15) is 11.1 Å². The highest BCUT2D eigenvalue weighted by molar-refractivity contribution is 9.10. The van der Waals surface area contributed by atoms with Crippen molar-refractivity contribution in [2.45, 2.75) is 6.54 Å².